The Labute approximate surface area is 164 Å². The summed E-state index contributed by atoms with van der Waals surface area (Å²) in [5.41, 5.74) is 7.28. The Morgan fingerprint density at radius 1 is 0.821 bits per heavy atom. The number of hydrogen-bond donors (Lipinski definition) is 0. The van der Waals surface area contributed by atoms with Crippen LogP contribution in [-0.4, -0.2) is 32.2 Å². The number of carbonyl (C=O) groups excluding carboxylic acids is 1. The minimum absolute atomic E-state index is 0.220. The third-order valence-corrected chi connectivity index (χ3v) is 6.56. The van der Waals surface area contributed by atoms with Gasteiger partial charge in [0.15, 0.2) is 5.78 Å². The van der Waals surface area contributed by atoms with Crippen molar-refractivity contribution in [2.75, 3.05) is 26.4 Å². The fraction of sp³-hybridized carbons (Fsp3) is 0.240. The molecule has 2 fully saturated rings. The van der Waals surface area contributed by atoms with Crippen molar-refractivity contribution in [2.24, 2.45) is 11.3 Å². The molecule has 3 nitrogen and oxygen atoms in total. The van der Waals surface area contributed by atoms with Crippen molar-refractivity contribution in [2.45, 2.75) is 0 Å². The van der Waals surface area contributed by atoms with Crippen LogP contribution in [0.5, 0.6) is 0 Å². The van der Waals surface area contributed by atoms with Gasteiger partial charge in [0.05, 0.1) is 37.8 Å². The van der Waals surface area contributed by atoms with Crippen molar-refractivity contribution < 1.29 is 14.3 Å². The van der Waals surface area contributed by atoms with Gasteiger partial charge in [-0.1, -0.05) is 66.7 Å². The molecule has 0 amide bonds. The average Bonchev–Trinajstić information content (AvgIpc) is 3.41. The SMILES string of the molecule is O=C1C(c2ccccc2)=C2COCC23C=C2COCC2=C(c2ccccc2)C13. The van der Waals surface area contributed by atoms with Gasteiger partial charge in [0.2, 0.25) is 0 Å². The highest BCUT2D eigenvalue weighted by atomic mass is 16.5. The monoisotopic (exact) mass is 368 g/mol. The predicted octanol–water partition coefficient (Wildman–Crippen LogP) is 4.08. The normalized spacial score (nSPS) is 28.4. The summed E-state index contributed by atoms with van der Waals surface area (Å²) >= 11 is 0. The number of carbonyl (C=O) groups is 1. The van der Waals surface area contributed by atoms with E-state index in [0.29, 0.717) is 26.4 Å². The van der Waals surface area contributed by atoms with Gasteiger partial charge in [0.25, 0.3) is 0 Å². The van der Waals surface area contributed by atoms with Crippen molar-refractivity contribution in [1.82, 2.24) is 0 Å². The van der Waals surface area contributed by atoms with Gasteiger partial charge in [-0.25, -0.2) is 0 Å². The zero-order valence-corrected chi connectivity index (χ0v) is 15.5. The third-order valence-electron chi connectivity index (χ3n) is 6.56. The van der Waals surface area contributed by atoms with Crippen molar-refractivity contribution in [3.05, 3.63) is 94.6 Å². The highest BCUT2D eigenvalue weighted by Crippen LogP contribution is 2.61. The molecular weight excluding hydrogens is 348 g/mol. The van der Waals surface area contributed by atoms with Crippen LogP contribution in [-0.2, 0) is 14.3 Å². The lowest BCUT2D eigenvalue weighted by molar-refractivity contribution is -0.116. The van der Waals surface area contributed by atoms with E-state index in [1.807, 2.05) is 48.5 Å². The van der Waals surface area contributed by atoms with E-state index in [1.54, 1.807) is 0 Å². The van der Waals surface area contributed by atoms with E-state index in [0.717, 1.165) is 27.8 Å². The van der Waals surface area contributed by atoms with Gasteiger partial charge in [0, 0.05) is 5.57 Å². The molecule has 2 aliphatic carbocycles. The molecule has 2 atom stereocenters. The van der Waals surface area contributed by atoms with Crippen molar-refractivity contribution >= 4 is 16.9 Å². The molecule has 2 aromatic carbocycles. The second kappa shape index (κ2) is 5.87. The minimum Gasteiger partial charge on any atom is -0.376 e. The number of allylic oxidation sites excluding steroid dienone is 2. The average molecular weight is 368 g/mol. The molecule has 2 unspecified atom stereocenters. The molecule has 3 heteroatoms. The third kappa shape index (κ3) is 2.03. The number of ketones is 1. The summed E-state index contributed by atoms with van der Waals surface area (Å²) in [5, 5.41) is 0. The van der Waals surface area contributed by atoms with Crippen LogP contribution >= 0.6 is 0 Å². The smallest absolute Gasteiger partial charge is 0.172 e. The van der Waals surface area contributed by atoms with Crippen LogP contribution in [0.4, 0.5) is 0 Å². The van der Waals surface area contributed by atoms with Crippen LogP contribution in [0.2, 0.25) is 0 Å². The molecule has 0 bridgehead atoms. The van der Waals surface area contributed by atoms with E-state index in [2.05, 4.69) is 18.2 Å². The molecule has 1 spiro atoms. The van der Waals surface area contributed by atoms with Crippen LogP contribution < -0.4 is 0 Å². The number of hydrogen-bond acceptors (Lipinski definition) is 3. The Morgan fingerprint density at radius 2 is 1.54 bits per heavy atom. The van der Waals surface area contributed by atoms with Crippen molar-refractivity contribution in [3.8, 4) is 0 Å². The van der Waals surface area contributed by atoms with Gasteiger partial charge in [-0.05, 0) is 33.4 Å². The largest absolute Gasteiger partial charge is 0.376 e. The number of benzene rings is 2. The lowest BCUT2D eigenvalue weighted by Gasteiger charge is -2.36. The van der Waals surface area contributed by atoms with E-state index in [9.17, 15) is 4.79 Å². The second-order valence-corrected chi connectivity index (χ2v) is 7.97. The van der Waals surface area contributed by atoms with E-state index in [-0.39, 0.29) is 17.1 Å². The molecular formula is C25H20O3. The zero-order chi connectivity index (χ0) is 18.7. The Balaban J connectivity index is 1.62. The predicted molar refractivity (Wildman–Crippen MR) is 107 cm³/mol. The first-order valence-corrected chi connectivity index (χ1v) is 9.79. The summed E-state index contributed by atoms with van der Waals surface area (Å²) < 4.78 is 11.8. The van der Waals surface area contributed by atoms with E-state index in [4.69, 9.17) is 9.47 Å². The fourth-order valence-electron chi connectivity index (χ4n) is 5.42. The van der Waals surface area contributed by atoms with Gasteiger partial charge in [-0.3, -0.25) is 4.79 Å². The number of fused-ring (bicyclic) bond motifs is 1. The van der Waals surface area contributed by atoms with Crippen molar-refractivity contribution in [1.29, 1.82) is 0 Å². The zero-order valence-electron chi connectivity index (χ0n) is 15.5. The van der Waals surface area contributed by atoms with E-state index in [1.165, 1.54) is 11.1 Å². The van der Waals surface area contributed by atoms with Crippen LogP contribution in [0, 0.1) is 11.3 Å². The van der Waals surface area contributed by atoms with Crippen LogP contribution in [0.3, 0.4) is 0 Å². The first-order chi connectivity index (χ1) is 13.8. The maximum atomic E-state index is 13.9. The molecule has 6 rings (SSSR count). The molecule has 2 saturated heterocycles. The summed E-state index contributed by atoms with van der Waals surface area (Å²) in [6.07, 6.45) is 2.29. The highest BCUT2D eigenvalue weighted by molar-refractivity contribution is 6.29. The molecule has 0 saturated carbocycles. The topological polar surface area (TPSA) is 35.5 Å². The molecule has 2 aliphatic heterocycles. The van der Waals surface area contributed by atoms with Gasteiger partial charge in [0.1, 0.15) is 0 Å². The van der Waals surface area contributed by atoms with Gasteiger partial charge in [-0.15, -0.1) is 0 Å². The van der Waals surface area contributed by atoms with Crippen molar-refractivity contribution in [3.63, 3.8) is 0 Å². The fourth-order valence-corrected chi connectivity index (χ4v) is 5.42. The molecule has 0 radical (unpaired) electrons. The summed E-state index contributed by atoms with van der Waals surface area (Å²) in [5.74, 6) is -0.0129. The van der Waals surface area contributed by atoms with Crippen LogP contribution in [0.1, 0.15) is 11.1 Å². The van der Waals surface area contributed by atoms with Gasteiger partial charge in [-0.2, -0.15) is 0 Å². The van der Waals surface area contributed by atoms with Gasteiger partial charge >= 0.3 is 0 Å². The molecule has 0 N–H and O–H groups in total. The first-order valence-electron chi connectivity index (χ1n) is 9.79. The molecule has 138 valence electrons. The van der Waals surface area contributed by atoms with Gasteiger partial charge < -0.3 is 9.47 Å². The lowest BCUT2D eigenvalue weighted by Crippen LogP contribution is -2.35. The molecule has 2 heterocycles. The maximum absolute atomic E-state index is 13.9. The minimum atomic E-state index is -0.375. The summed E-state index contributed by atoms with van der Waals surface area (Å²) in [6.45, 7) is 2.27. The highest BCUT2D eigenvalue weighted by Gasteiger charge is 2.59. The Kier molecular flexibility index (Phi) is 3.40. The van der Waals surface area contributed by atoms with Crippen LogP contribution in [0.15, 0.2) is 83.5 Å². The van der Waals surface area contributed by atoms with Crippen LogP contribution in [0.25, 0.3) is 11.1 Å². The Bertz CT molecular complexity index is 1080. The number of rotatable bonds is 2. The molecule has 0 aromatic heterocycles. The maximum Gasteiger partial charge on any atom is 0.172 e. The molecule has 4 aliphatic rings. The summed E-state index contributed by atoms with van der Waals surface area (Å²) in [6, 6.07) is 20.4. The second-order valence-electron chi connectivity index (χ2n) is 7.97. The number of ether oxygens (including phenoxy) is 2. The summed E-state index contributed by atoms with van der Waals surface area (Å²) in [4.78, 5) is 13.9. The number of Topliss-reactive ketones (excluding diaryl/α,β-unsaturated/α-hetero) is 1. The quantitative estimate of drug-likeness (QED) is 0.801. The summed E-state index contributed by atoms with van der Waals surface area (Å²) in [7, 11) is 0. The Hall–Kier alpha value is -2.75. The Morgan fingerprint density at radius 3 is 2.29 bits per heavy atom. The first kappa shape index (κ1) is 16.2. The van der Waals surface area contributed by atoms with E-state index < -0.39 is 0 Å². The molecule has 28 heavy (non-hydrogen) atoms. The lowest BCUT2D eigenvalue weighted by atomic mass is 9.64. The molecule has 2 aromatic rings. The standard InChI is InChI=1S/C25H20O3/c26-24-22(17-9-5-2-6-10-17)20-14-28-15-25(20)11-18-12-27-13-19(18)21(23(24)25)16-7-3-1-4-8-16/h1-11,23H,12-15H2. The van der Waals surface area contributed by atoms with E-state index >= 15 is 0 Å².